The lowest BCUT2D eigenvalue weighted by atomic mass is 9.97. The zero-order valence-electron chi connectivity index (χ0n) is 11.5. The van der Waals surface area contributed by atoms with Crippen molar-refractivity contribution in [3.8, 4) is 5.75 Å². The van der Waals surface area contributed by atoms with Crippen LogP contribution in [0, 0.1) is 10.1 Å². The first kappa shape index (κ1) is 15.2. The molecule has 0 radical (unpaired) electrons. The highest BCUT2D eigenvalue weighted by Crippen LogP contribution is 2.29. The highest BCUT2D eigenvalue weighted by molar-refractivity contribution is 5.64. The first-order valence-electron chi connectivity index (χ1n) is 6.24. The summed E-state index contributed by atoms with van der Waals surface area (Å²) in [5.41, 5.74) is -0.545. The van der Waals surface area contributed by atoms with E-state index in [4.69, 9.17) is 4.74 Å². The fourth-order valence-corrected chi connectivity index (χ4v) is 1.70. The van der Waals surface area contributed by atoms with E-state index >= 15 is 0 Å². The molecule has 19 heavy (non-hydrogen) atoms. The molecular weight excluding hydrogens is 248 g/mol. The van der Waals surface area contributed by atoms with Crippen LogP contribution in [0.1, 0.15) is 26.7 Å². The Morgan fingerprint density at radius 1 is 1.42 bits per heavy atom. The minimum absolute atomic E-state index is 0.0321. The lowest BCUT2D eigenvalue weighted by molar-refractivity contribution is -0.384. The third-order valence-electron chi connectivity index (χ3n) is 3.32. The number of ether oxygens (including phenoxy) is 1. The fourth-order valence-electron chi connectivity index (χ4n) is 1.70. The van der Waals surface area contributed by atoms with Crippen LogP contribution >= 0.6 is 0 Å². The van der Waals surface area contributed by atoms with Gasteiger partial charge in [-0.2, -0.15) is 0 Å². The van der Waals surface area contributed by atoms with E-state index in [1.807, 2.05) is 13.8 Å². The van der Waals surface area contributed by atoms with Gasteiger partial charge < -0.3 is 15.2 Å². The van der Waals surface area contributed by atoms with Gasteiger partial charge in [-0.3, -0.25) is 10.1 Å². The van der Waals surface area contributed by atoms with Crippen LogP contribution in [0.4, 0.5) is 11.4 Å². The van der Waals surface area contributed by atoms with Crippen molar-refractivity contribution in [3.05, 3.63) is 28.3 Å². The van der Waals surface area contributed by atoms with Crippen LogP contribution in [0.5, 0.6) is 5.75 Å². The molecular formula is C13H20N2O4. The summed E-state index contributed by atoms with van der Waals surface area (Å²) < 4.78 is 5.05. The molecule has 0 unspecified atom stereocenters. The molecule has 2 N–H and O–H groups in total. The van der Waals surface area contributed by atoms with Gasteiger partial charge in [-0.25, -0.2) is 0 Å². The molecule has 1 aromatic rings. The van der Waals surface area contributed by atoms with Gasteiger partial charge in [0.15, 0.2) is 0 Å². The lowest BCUT2D eigenvalue weighted by Gasteiger charge is -2.25. The molecule has 0 aliphatic heterocycles. The summed E-state index contributed by atoms with van der Waals surface area (Å²) in [5.74, 6) is 0.532. The van der Waals surface area contributed by atoms with Crippen molar-refractivity contribution in [2.45, 2.75) is 32.3 Å². The van der Waals surface area contributed by atoms with E-state index in [2.05, 4.69) is 5.32 Å². The molecule has 0 atom stereocenters. The summed E-state index contributed by atoms with van der Waals surface area (Å²) in [7, 11) is 1.50. The van der Waals surface area contributed by atoms with Gasteiger partial charge >= 0.3 is 0 Å². The van der Waals surface area contributed by atoms with Gasteiger partial charge in [0, 0.05) is 18.7 Å². The second-order valence-corrected chi connectivity index (χ2v) is 4.43. The number of nitrogens with one attached hydrogen (secondary N) is 1. The number of methoxy groups -OCH3 is 1. The van der Waals surface area contributed by atoms with Gasteiger partial charge in [0.25, 0.3) is 5.69 Å². The summed E-state index contributed by atoms with van der Waals surface area (Å²) in [4.78, 5) is 10.5. The Kier molecular flexibility index (Phi) is 5.11. The number of anilines is 1. The van der Waals surface area contributed by atoms with Crippen molar-refractivity contribution in [3.63, 3.8) is 0 Å². The molecule has 0 aliphatic carbocycles. The zero-order valence-corrected chi connectivity index (χ0v) is 11.5. The van der Waals surface area contributed by atoms with Gasteiger partial charge in [-0.15, -0.1) is 0 Å². The molecule has 0 heterocycles. The number of hydrogen-bond acceptors (Lipinski definition) is 5. The number of rotatable bonds is 7. The molecule has 1 rings (SSSR count). The molecule has 0 amide bonds. The predicted octanol–water partition coefficient (Wildman–Crippen LogP) is 2.57. The third kappa shape index (κ3) is 3.82. The average molecular weight is 268 g/mol. The topological polar surface area (TPSA) is 84.6 Å². The Morgan fingerprint density at radius 2 is 2.05 bits per heavy atom. The molecule has 1 aromatic carbocycles. The summed E-state index contributed by atoms with van der Waals surface area (Å²) >= 11 is 0. The van der Waals surface area contributed by atoms with Crippen molar-refractivity contribution >= 4 is 11.4 Å². The van der Waals surface area contributed by atoms with Crippen molar-refractivity contribution in [1.29, 1.82) is 0 Å². The van der Waals surface area contributed by atoms with Gasteiger partial charge in [0.1, 0.15) is 11.4 Å². The molecule has 0 aliphatic rings. The molecule has 0 spiro atoms. The largest absolute Gasteiger partial charge is 0.497 e. The van der Waals surface area contributed by atoms with Gasteiger partial charge in [0.2, 0.25) is 0 Å². The Labute approximate surface area is 112 Å². The number of aliphatic hydroxyl groups is 1. The van der Waals surface area contributed by atoms with Crippen LogP contribution in [-0.4, -0.2) is 29.3 Å². The van der Waals surface area contributed by atoms with Crippen LogP contribution in [0.2, 0.25) is 0 Å². The standard InChI is InChI=1S/C13H20N2O4/c1-4-13(16,5-2)9-14-11-8-10(19-3)6-7-12(11)15(17)18/h6-8,14,16H,4-5,9H2,1-3H3. The molecule has 106 valence electrons. The monoisotopic (exact) mass is 268 g/mol. The van der Waals surface area contributed by atoms with E-state index in [1.54, 1.807) is 6.07 Å². The molecule has 0 bridgehead atoms. The highest BCUT2D eigenvalue weighted by Gasteiger charge is 2.23. The molecule has 0 fully saturated rings. The number of benzene rings is 1. The highest BCUT2D eigenvalue weighted by atomic mass is 16.6. The summed E-state index contributed by atoms with van der Waals surface area (Å²) in [5, 5.41) is 24.1. The summed E-state index contributed by atoms with van der Waals surface area (Å²) in [6.45, 7) is 4.02. The van der Waals surface area contributed by atoms with E-state index in [-0.39, 0.29) is 12.2 Å². The van der Waals surface area contributed by atoms with E-state index in [1.165, 1.54) is 19.2 Å². The van der Waals surface area contributed by atoms with Crippen molar-refractivity contribution in [2.24, 2.45) is 0 Å². The minimum atomic E-state index is -0.864. The molecule has 6 nitrogen and oxygen atoms in total. The quantitative estimate of drug-likeness (QED) is 0.586. The average Bonchev–Trinajstić information content (AvgIpc) is 2.44. The number of hydrogen-bond donors (Lipinski definition) is 2. The van der Waals surface area contributed by atoms with Crippen molar-refractivity contribution < 1.29 is 14.8 Å². The Balaban J connectivity index is 2.95. The maximum absolute atomic E-state index is 10.9. The SMILES string of the molecule is CCC(O)(CC)CNc1cc(OC)ccc1[N+](=O)[O-]. The second kappa shape index (κ2) is 6.38. The summed E-state index contributed by atoms with van der Waals surface area (Å²) in [6, 6.07) is 4.48. The van der Waals surface area contributed by atoms with Crippen LogP contribution in [0.25, 0.3) is 0 Å². The van der Waals surface area contributed by atoms with Crippen LogP contribution in [-0.2, 0) is 0 Å². The van der Waals surface area contributed by atoms with E-state index in [9.17, 15) is 15.2 Å². The molecule has 0 saturated carbocycles. The number of nitro groups is 1. The molecule has 0 aromatic heterocycles. The zero-order chi connectivity index (χ0) is 14.5. The Morgan fingerprint density at radius 3 is 2.53 bits per heavy atom. The van der Waals surface area contributed by atoms with Gasteiger partial charge in [-0.1, -0.05) is 13.8 Å². The van der Waals surface area contributed by atoms with E-state index in [0.717, 1.165) is 0 Å². The Hall–Kier alpha value is -1.82. The Bertz CT molecular complexity index is 444. The van der Waals surface area contributed by atoms with Crippen LogP contribution in [0.3, 0.4) is 0 Å². The van der Waals surface area contributed by atoms with Crippen LogP contribution in [0.15, 0.2) is 18.2 Å². The normalized spacial score (nSPS) is 11.2. The first-order valence-corrected chi connectivity index (χ1v) is 6.24. The fraction of sp³-hybridized carbons (Fsp3) is 0.538. The number of nitrogens with zero attached hydrogens (tertiary/aromatic N) is 1. The summed E-state index contributed by atoms with van der Waals surface area (Å²) in [6.07, 6.45) is 1.16. The third-order valence-corrected chi connectivity index (χ3v) is 3.32. The maximum Gasteiger partial charge on any atom is 0.292 e. The predicted molar refractivity (Wildman–Crippen MR) is 73.7 cm³/mol. The second-order valence-electron chi connectivity index (χ2n) is 4.43. The van der Waals surface area contributed by atoms with Crippen molar-refractivity contribution in [1.82, 2.24) is 0 Å². The van der Waals surface area contributed by atoms with Gasteiger partial charge in [-0.05, 0) is 18.9 Å². The van der Waals surface area contributed by atoms with Gasteiger partial charge in [0.05, 0.1) is 17.6 Å². The smallest absolute Gasteiger partial charge is 0.292 e. The maximum atomic E-state index is 10.9. The molecule has 6 heteroatoms. The number of nitro benzene ring substituents is 1. The molecule has 0 saturated heterocycles. The van der Waals surface area contributed by atoms with E-state index < -0.39 is 10.5 Å². The van der Waals surface area contributed by atoms with E-state index in [0.29, 0.717) is 24.3 Å². The lowest BCUT2D eigenvalue weighted by Crippen LogP contribution is -2.35. The van der Waals surface area contributed by atoms with Crippen molar-refractivity contribution in [2.75, 3.05) is 19.0 Å². The van der Waals surface area contributed by atoms with Crippen LogP contribution < -0.4 is 10.1 Å². The first-order chi connectivity index (χ1) is 8.95. The minimum Gasteiger partial charge on any atom is -0.497 e.